The lowest BCUT2D eigenvalue weighted by Gasteiger charge is -2.20. The van der Waals surface area contributed by atoms with E-state index in [2.05, 4.69) is 28.1 Å². The molecule has 1 aliphatic rings. The van der Waals surface area contributed by atoms with Crippen molar-refractivity contribution in [3.63, 3.8) is 0 Å². The molecule has 0 spiro atoms. The number of nitrogens with zero attached hydrogens (tertiary/aromatic N) is 2. The fourth-order valence-corrected chi connectivity index (χ4v) is 3.33. The lowest BCUT2D eigenvalue weighted by atomic mass is 10.1. The number of pyridine rings is 1. The Kier molecular flexibility index (Phi) is 3.27. The molecule has 1 unspecified atom stereocenters. The summed E-state index contributed by atoms with van der Waals surface area (Å²) in [6.07, 6.45) is 3.67. The van der Waals surface area contributed by atoms with Gasteiger partial charge in [-0.05, 0) is 17.7 Å². The van der Waals surface area contributed by atoms with E-state index in [-0.39, 0.29) is 5.50 Å². The first kappa shape index (κ1) is 12.3. The van der Waals surface area contributed by atoms with Crippen LogP contribution in [0.25, 0.3) is 10.6 Å². The van der Waals surface area contributed by atoms with Crippen LogP contribution in [0.15, 0.2) is 54.9 Å². The second kappa shape index (κ2) is 5.07. The SMILES string of the molecule is CN1C(c2cccnc2)=C(c2ccccc2)SC1N. The summed E-state index contributed by atoms with van der Waals surface area (Å²) in [7, 11) is 2.02. The topological polar surface area (TPSA) is 42.2 Å². The largest absolute Gasteiger partial charge is 0.349 e. The van der Waals surface area contributed by atoms with E-state index in [0.717, 1.165) is 11.3 Å². The van der Waals surface area contributed by atoms with E-state index in [1.165, 1.54) is 10.5 Å². The van der Waals surface area contributed by atoms with Crippen LogP contribution in [0, 0.1) is 0 Å². The molecule has 2 aromatic rings. The highest BCUT2D eigenvalue weighted by Crippen LogP contribution is 2.45. The fraction of sp³-hybridized carbons (Fsp3) is 0.133. The lowest BCUT2D eigenvalue weighted by molar-refractivity contribution is 0.468. The van der Waals surface area contributed by atoms with E-state index in [0.29, 0.717) is 0 Å². The summed E-state index contributed by atoms with van der Waals surface area (Å²) in [6.45, 7) is 0. The molecule has 0 bridgehead atoms. The first-order chi connectivity index (χ1) is 9.27. The van der Waals surface area contributed by atoms with Gasteiger partial charge < -0.3 is 10.6 Å². The molecular formula is C15H15N3S. The first-order valence-electron chi connectivity index (χ1n) is 6.12. The minimum absolute atomic E-state index is 0.0505. The van der Waals surface area contributed by atoms with Crippen molar-refractivity contribution < 1.29 is 0 Å². The molecule has 2 N–H and O–H groups in total. The van der Waals surface area contributed by atoms with Crippen LogP contribution in [0.2, 0.25) is 0 Å². The monoisotopic (exact) mass is 269 g/mol. The molecule has 0 aliphatic carbocycles. The maximum absolute atomic E-state index is 6.16. The molecule has 3 rings (SSSR count). The van der Waals surface area contributed by atoms with Gasteiger partial charge in [0.25, 0.3) is 0 Å². The van der Waals surface area contributed by atoms with Crippen LogP contribution in [0.4, 0.5) is 0 Å². The molecule has 0 amide bonds. The lowest BCUT2D eigenvalue weighted by Crippen LogP contribution is -2.30. The molecule has 96 valence electrons. The van der Waals surface area contributed by atoms with Crippen molar-refractivity contribution in [3.8, 4) is 0 Å². The Morgan fingerprint density at radius 1 is 1.11 bits per heavy atom. The van der Waals surface area contributed by atoms with Gasteiger partial charge >= 0.3 is 0 Å². The van der Waals surface area contributed by atoms with E-state index >= 15 is 0 Å². The smallest absolute Gasteiger partial charge is 0.130 e. The molecule has 0 fully saturated rings. The second-order valence-electron chi connectivity index (χ2n) is 4.40. The van der Waals surface area contributed by atoms with Gasteiger partial charge in [-0.25, -0.2) is 0 Å². The average molecular weight is 269 g/mol. The van der Waals surface area contributed by atoms with E-state index in [1.807, 2.05) is 37.5 Å². The number of hydrogen-bond acceptors (Lipinski definition) is 4. The molecule has 2 heterocycles. The minimum atomic E-state index is -0.0505. The molecule has 1 aliphatic heterocycles. The molecule has 3 nitrogen and oxygen atoms in total. The fourth-order valence-electron chi connectivity index (χ4n) is 2.17. The Hall–Kier alpha value is -1.78. The second-order valence-corrected chi connectivity index (χ2v) is 5.53. The molecule has 1 aromatic carbocycles. The molecule has 0 radical (unpaired) electrons. The Balaban J connectivity index is 2.14. The third kappa shape index (κ3) is 2.25. The highest BCUT2D eigenvalue weighted by Gasteiger charge is 2.28. The summed E-state index contributed by atoms with van der Waals surface area (Å²) >= 11 is 1.69. The van der Waals surface area contributed by atoms with Gasteiger partial charge in [0.2, 0.25) is 0 Å². The van der Waals surface area contributed by atoms with Crippen molar-refractivity contribution in [2.24, 2.45) is 5.73 Å². The van der Waals surface area contributed by atoms with Gasteiger partial charge in [-0.3, -0.25) is 4.98 Å². The van der Waals surface area contributed by atoms with Gasteiger partial charge in [0.1, 0.15) is 5.50 Å². The average Bonchev–Trinajstić information content (AvgIpc) is 2.77. The third-order valence-corrected chi connectivity index (χ3v) is 4.38. The van der Waals surface area contributed by atoms with Gasteiger partial charge in [0.05, 0.1) is 5.70 Å². The Morgan fingerprint density at radius 3 is 2.53 bits per heavy atom. The van der Waals surface area contributed by atoms with Crippen LogP contribution in [0.1, 0.15) is 11.1 Å². The Labute approximate surface area is 117 Å². The predicted octanol–water partition coefficient (Wildman–Crippen LogP) is 2.83. The van der Waals surface area contributed by atoms with Crippen LogP contribution in [-0.4, -0.2) is 22.4 Å². The van der Waals surface area contributed by atoms with Crippen LogP contribution in [0.5, 0.6) is 0 Å². The summed E-state index contributed by atoms with van der Waals surface area (Å²) < 4.78 is 0. The zero-order valence-electron chi connectivity index (χ0n) is 10.7. The summed E-state index contributed by atoms with van der Waals surface area (Å²) in [6, 6.07) is 14.4. The van der Waals surface area contributed by atoms with Gasteiger partial charge in [-0.15, -0.1) is 0 Å². The molecule has 0 saturated heterocycles. The van der Waals surface area contributed by atoms with Gasteiger partial charge in [-0.2, -0.15) is 0 Å². The van der Waals surface area contributed by atoms with Gasteiger partial charge in [0.15, 0.2) is 0 Å². The van der Waals surface area contributed by atoms with E-state index in [1.54, 1.807) is 18.0 Å². The summed E-state index contributed by atoms with van der Waals surface area (Å²) in [4.78, 5) is 7.52. The maximum Gasteiger partial charge on any atom is 0.130 e. The summed E-state index contributed by atoms with van der Waals surface area (Å²) in [5, 5.41) is 0. The number of rotatable bonds is 2. The molecule has 4 heteroatoms. The molecule has 1 atom stereocenters. The number of hydrogen-bond donors (Lipinski definition) is 1. The van der Waals surface area contributed by atoms with Crippen molar-refractivity contribution >= 4 is 22.4 Å². The molecular weight excluding hydrogens is 254 g/mol. The van der Waals surface area contributed by atoms with Crippen molar-refractivity contribution in [2.45, 2.75) is 5.50 Å². The normalized spacial score (nSPS) is 19.1. The Bertz CT molecular complexity index is 595. The quantitative estimate of drug-likeness (QED) is 0.910. The number of benzene rings is 1. The highest BCUT2D eigenvalue weighted by molar-refractivity contribution is 8.09. The van der Waals surface area contributed by atoms with Crippen molar-refractivity contribution in [2.75, 3.05) is 7.05 Å². The van der Waals surface area contributed by atoms with Crippen LogP contribution < -0.4 is 5.73 Å². The van der Waals surface area contributed by atoms with Gasteiger partial charge in [-0.1, -0.05) is 42.1 Å². The predicted molar refractivity (Wildman–Crippen MR) is 80.8 cm³/mol. The van der Waals surface area contributed by atoms with Crippen molar-refractivity contribution in [1.82, 2.24) is 9.88 Å². The first-order valence-corrected chi connectivity index (χ1v) is 7.00. The van der Waals surface area contributed by atoms with Crippen molar-refractivity contribution in [1.29, 1.82) is 0 Å². The van der Waals surface area contributed by atoms with Crippen molar-refractivity contribution in [3.05, 3.63) is 66.0 Å². The molecule has 0 saturated carbocycles. The van der Waals surface area contributed by atoms with E-state index in [4.69, 9.17) is 5.73 Å². The number of aromatic nitrogens is 1. The molecule has 19 heavy (non-hydrogen) atoms. The van der Waals surface area contributed by atoms with E-state index < -0.39 is 0 Å². The third-order valence-electron chi connectivity index (χ3n) is 3.16. The van der Waals surface area contributed by atoms with E-state index in [9.17, 15) is 0 Å². The minimum Gasteiger partial charge on any atom is -0.349 e. The number of thioether (sulfide) groups is 1. The maximum atomic E-state index is 6.16. The standard InChI is InChI=1S/C15H15N3S/c1-18-13(12-8-5-9-17-10-12)14(19-15(18)16)11-6-3-2-4-7-11/h2-10,15H,16H2,1H3. The number of nitrogens with two attached hydrogens (primary N) is 1. The molecule has 1 aromatic heterocycles. The summed E-state index contributed by atoms with van der Waals surface area (Å²) in [5.41, 5.74) is 9.56. The Morgan fingerprint density at radius 2 is 1.84 bits per heavy atom. The van der Waals surface area contributed by atoms with Crippen LogP contribution in [0.3, 0.4) is 0 Å². The van der Waals surface area contributed by atoms with Crippen LogP contribution >= 0.6 is 11.8 Å². The highest BCUT2D eigenvalue weighted by atomic mass is 32.2. The summed E-state index contributed by atoms with van der Waals surface area (Å²) in [5.74, 6) is 0. The van der Waals surface area contributed by atoms with Crippen LogP contribution in [-0.2, 0) is 0 Å². The van der Waals surface area contributed by atoms with Gasteiger partial charge in [0, 0.05) is 29.9 Å². The zero-order valence-corrected chi connectivity index (χ0v) is 11.5. The zero-order chi connectivity index (χ0) is 13.2.